The first kappa shape index (κ1) is 22.6. The fourth-order valence-corrected chi connectivity index (χ4v) is 4.31. The number of aliphatic hydroxyl groups excluding tert-OH is 1. The Labute approximate surface area is 179 Å². The minimum atomic E-state index is -1.21. The van der Waals surface area contributed by atoms with Gasteiger partial charge < -0.3 is 14.9 Å². The minimum Gasteiger partial charge on any atom is -0.486 e. The Bertz CT molecular complexity index is 864. The maximum atomic E-state index is 11.2. The van der Waals surface area contributed by atoms with Crippen LogP contribution in [0.3, 0.4) is 0 Å². The van der Waals surface area contributed by atoms with Crippen molar-refractivity contribution < 1.29 is 20.2 Å². The smallest absolute Gasteiger partial charge is 0.157 e. The van der Waals surface area contributed by atoms with Gasteiger partial charge in [0.2, 0.25) is 0 Å². The second-order valence-electron chi connectivity index (χ2n) is 9.07. The lowest BCUT2D eigenvalue weighted by Crippen LogP contribution is -2.46. The molecule has 164 valence electrons. The van der Waals surface area contributed by atoms with E-state index in [0.717, 1.165) is 23.5 Å². The number of rotatable bonds is 7. The molecule has 0 saturated carbocycles. The number of hydroxylamine groups is 1. The third-order valence-electron chi connectivity index (χ3n) is 6.14. The second-order valence-corrected chi connectivity index (χ2v) is 9.07. The first-order chi connectivity index (χ1) is 14.1. The second kappa shape index (κ2) is 8.96. The molecular formula is C25H35NO4. The molecular weight excluding hydrogens is 378 g/mol. The molecule has 0 aliphatic carbocycles. The Balaban J connectivity index is 1.70. The van der Waals surface area contributed by atoms with E-state index in [1.807, 2.05) is 31.2 Å². The van der Waals surface area contributed by atoms with Crippen LogP contribution in [0, 0.1) is 0 Å². The number of nitrogens with zero attached hydrogens (tertiary/aromatic N) is 1. The molecule has 1 aromatic rings. The van der Waals surface area contributed by atoms with E-state index in [0.29, 0.717) is 29.9 Å². The molecule has 0 aromatic heterocycles. The van der Waals surface area contributed by atoms with Gasteiger partial charge in [0.25, 0.3) is 0 Å². The summed E-state index contributed by atoms with van der Waals surface area (Å²) in [5.41, 5.74) is 3.47. The van der Waals surface area contributed by atoms with E-state index in [4.69, 9.17) is 4.74 Å². The van der Waals surface area contributed by atoms with Crippen LogP contribution < -0.4 is 5.06 Å². The molecule has 0 amide bonds. The highest BCUT2D eigenvalue weighted by Gasteiger charge is 2.50. The van der Waals surface area contributed by atoms with Gasteiger partial charge >= 0.3 is 0 Å². The molecule has 0 fully saturated rings. The number of hydrogen-bond donors (Lipinski definition) is 3. The number of anilines is 1. The quantitative estimate of drug-likeness (QED) is 0.550. The molecule has 3 N–H and O–H groups in total. The van der Waals surface area contributed by atoms with Crippen molar-refractivity contribution in [3.63, 3.8) is 0 Å². The van der Waals surface area contributed by atoms with Crippen molar-refractivity contribution in [1.29, 1.82) is 0 Å². The minimum absolute atomic E-state index is 0.428. The van der Waals surface area contributed by atoms with Crippen LogP contribution in [0.4, 0.5) is 5.69 Å². The summed E-state index contributed by atoms with van der Waals surface area (Å²) in [6, 6.07) is 6.97. The van der Waals surface area contributed by atoms with E-state index in [1.54, 1.807) is 6.92 Å². The average molecular weight is 414 g/mol. The van der Waals surface area contributed by atoms with Crippen LogP contribution in [0.2, 0.25) is 0 Å². The monoisotopic (exact) mass is 413 g/mol. The van der Waals surface area contributed by atoms with E-state index in [2.05, 4.69) is 32.9 Å². The van der Waals surface area contributed by atoms with Crippen LogP contribution in [0.5, 0.6) is 0 Å². The summed E-state index contributed by atoms with van der Waals surface area (Å²) in [4.78, 5) is 0. The summed E-state index contributed by atoms with van der Waals surface area (Å²) in [6.07, 6.45) is 5.89. The summed E-state index contributed by atoms with van der Waals surface area (Å²) in [7, 11) is 0. The van der Waals surface area contributed by atoms with Crippen molar-refractivity contribution in [2.75, 3.05) is 5.06 Å². The van der Waals surface area contributed by atoms with Gasteiger partial charge in [0.05, 0.1) is 5.69 Å². The zero-order valence-corrected chi connectivity index (χ0v) is 18.7. The molecule has 2 heterocycles. The van der Waals surface area contributed by atoms with Crippen molar-refractivity contribution in [3.05, 3.63) is 58.9 Å². The van der Waals surface area contributed by atoms with Gasteiger partial charge in [0.1, 0.15) is 23.5 Å². The number of para-hydroxylation sites is 1. The maximum Gasteiger partial charge on any atom is 0.157 e. The van der Waals surface area contributed by atoms with Gasteiger partial charge in [0, 0.05) is 11.1 Å². The molecule has 5 heteroatoms. The van der Waals surface area contributed by atoms with E-state index in [1.165, 1.54) is 11.1 Å². The molecule has 0 bridgehead atoms. The van der Waals surface area contributed by atoms with Crippen molar-refractivity contribution in [2.24, 2.45) is 0 Å². The van der Waals surface area contributed by atoms with Gasteiger partial charge in [-0.05, 0) is 66.4 Å². The van der Waals surface area contributed by atoms with Crippen molar-refractivity contribution in [3.8, 4) is 0 Å². The highest BCUT2D eigenvalue weighted by molar-refractivity contribution is 5.85. The van der Waals surface area contributed by atoms with E-state index < -0.39 is 23.9 Å². The molecule has 4 atom stereocenters. The van der Waals surface area contributed by atoms with Gasteiger partial charge in [-0.1, -0.05) is 41.5 Å². The number of allylic oxidation sites excluding steroid dienone is 4. The molecule has 5 nitrogen and oxygen atoms in total. The number of fused-ring (bicyclic) bond motifs is 2. The first-order valence-corrected chi connectivity index (χ1v) is 10.8. The molecule has 0 saturated heterocycles. The van der Waals surface area contributed by atoms with E-state index in [9.17, 15) is 15.4 Å². The number of ether oxygens (including phenoxy) is 1. The molecule has 2 aliphatic rings. The number of aliphatic hydroxyl groups is 2. The fraction of sp³-hybridized carbons (Fsp3) is 0.520. The molecule has 3 rings (SSSR count). The van der Waals surface area contributed by atoms with Gasteiger partial charge in [0.15, 0.2) is 6.10 Å². The molecule has 0 spiro atoms. The van der Waals surface area contributed by atoms with Crippen LogP contribution in [0.15, 0.2) is 53.3 Å². The summed E-state index contributed by atoms with van der Waals surface area (Å²) in [5.74, 6) is 0.530. The molecule has 30 heavy (non-hydrogen) atoms. The Morgan fingerprint density at radius 1 is 1.17 bits per heavy atom. The van der Waals surface area contributed by atoms with E-state index in [-0.39, 0.29) is 0 Å². The normalized spacial score (nSPS) is 25.4. The largest absolute Gasteiger partial charge is 0.486 e. The Kier molecular flexibility index (Phi) is 6.75. The standard InChI is InChI=1S/C25H35NO4/c1-16(2)10-8-11-17(3)12-9-15-25(5,28)24-22(27)21-19-13-6-7-14-20(19)26(29)18(4)23(21)30-24/h6-7,10,12-14,18,22,24,27-29H,8-9,11,15H2,1-5H3/b17-12+/t18?,22-,24+,25-/m1/s1. The summed E-state index contributed by atoms with van der Waals surface area (Å²) in [6.45, 7) is 9.87. The van der Waals surface area contributed by atoms with Crippen LogP contribution in [-0.2, 0) is 4.74 Å². The Morgan fingerprint density at radius 2 is 1.87 bits per heavy atom. The highest BCUT2D eigenvalue weighted by atomic mass is 16.5. The van der Waals surface area contributed by atoms with Crippen LogP contribution >= 0.6 is 0 Å². The molecule has 1 unspecified atom stereocenters. The Morgan fingerprint density at radius 3 is 2.57 bits per heavy atom. The predicted molar refractivity (Wildman–Crippen MR) is 120 cm³/mol. The topological polar surface area (TPSA) is 73.2 Å². The zero-order chi connectivity index (χ0) is 22.1. The van der Waals surface area contributed by atoms with Crippen molar-refractivity contribution in [2.45, 2.75) is 84.2 Å². The van der Waals surface area contributed by atoms with Crippen LogP contribution in [-0.4, -0.2) is 39.3 Å². The fourth-order valence-electron chi connectivity index (χ4n) is 4.31. The summed E-state index contributed by atoms with van der Waals surface area (Å²) in [5, 5.41) is 33.9. The SMILES string of the molecule is CC(C)=CCC/C(C)=C/CC[C@@](C)(O)[C@H]1OC2=C(c3ccccc3N(O)C2C)[C@H]1O. The summed E-state index contributed by atoms with van der Waals surface area (Å²) >= 11 is 0. The van der Waals surface area contributed by atoms with Crippen LogP contribution in [0.25, 0.3) is 5.57 Å². The lowest BCUT2D eigenvalue weighted by Gasteiger charge is -2.33. The zero-order valence-electron chi connectivity index (χ0n) is 18.7. The first-order valence-electron chi connectivity index (χ1n) is 10.8. The lowest BCUT2D eigenvalue weighted by atomic mass is 9.85. The number of benzene rings is 1. The lowest BCUT2D eigenvalue weighted by molar-refractivity contribution is -0.105. The van der Waals surface area contributed by atoms with E-state index >= 15 is 0 Å². The average Bonchev–Trinajstić information content (AvgIpc) is 3.04. The predicted octanol–water partition coefficient (Wildman–Crippen LogP) is 4.98. The van der Waals surface area contributed by atoms with Crippen LogP contribution in [0.1, 0.15) is 65.9 Å². The Hall–Kier alpha value is -2.08. The molecule has 2 aliphatic heterocycles. The highest BCUT2D eigenvalue weighted by Crippen LogP contribution is 2.47. The third-order valence-corrected chi connectivity index (χ3v) is 6.14. The maximum absolute atomic E-state index is 11.2. The summed E-state index contributed by atoms with van der Waals surface area (Å²) < 4.78 is 6.08. The van der Waals surface area contributed by atoms with Gasteiger partial charge in [-0.2, -0.15) is 0 Å². The molecule has 1 aromatic carbocycles. The van der Waals surface area contributed by atoms with Gasteiger partial charge in [-0.3, -0.25) is 5.21 Å². The van der Waals surface area contributed by atoms with Gasteiger partial charge in [-0.25, -0.2) is 5.06 Å². The van der Waals surface area contributed by atoms with Crippen molar-refractivity contribution in [1.82, 2.24) is 0 Å². The number of hydrogen-bond acceptors (Lipinski definition) is 5. The third kappa shape index (κ3) is 4.48. The van der Waals surface area contributed by atoms with Gasteiger partial charge in [-0.15, -0.1) is 0 Å². The van der Waals surface area contributed by atoms with Crippen molar-refractivity contribution >= 4 is 11.3 Å². The molecule has 0 radical (unpaired) electrons.